The number of amides is 1. The Balaban J connectivity index is 1.90. The molecule has 1 aromatic carbocycles. The summed E-state index contributed by atoms with van der Waals surface area (Å²) in [5.41, 5.74) is 2.65. The van der Waals surface area contributed by atoms with Crippen LogP contribution in [-0.4, -0.2) is 43.4 Å². The van der Waals surface area contributed by atoms with Crippen molar-refractivity contribution in [1.29, 1.82) is 0 Å². The number of hydrogen-bond donors (Lipinski definition) is 1. The van der Waals surface area contributed by atoms with Crippen molar-refractivity contribution in [3.8, 4) is 0 Å². The average Bonchev–Trinajstić information content (AvgIpc) is 3.30. The van der Waals surface area contributed by atoms with Crippen LogP contribution in [0.15, 0.2) is 35.2 Å². The third kappa shape index (κ3) is 3.86. The summed E-state index contributed by atoms with van der Waals surface area (Å²) in [5, 5.41) is 0. The maximum atomic E-state index is 13.2. The van der Waals surface area contributed by atoms with Gasteiger partial charge in [-0.1, -0.05) is 37.3 Å². The lowest BCUT2D eigenvalue weighted by atomic mass is 10.0. The molecule has 1 amide bonds. The highest BCUT2D eigenvalue weighted by Crippen LogP contribution is 2.29. The number of carbonyl (C=O) groups is 1. The van der Waals surface area contributed by atoms with Crippen LogP contribution >= 0.6 is 0 Å². The van der Waals surface area contributed by atoms with E-state index < -0.39 is 10.0 Å². The molecular formula is C21H29N3O3S. The van der Waals surface area contributed by atoms with Crippen LogP contribution < -0.4 is 4.72 Å². The van der Waals surface area contributed by atoms with E-state index in [0.717, 1.165) is 18.4 Å². The topological polar surface area (TPSA) is 71.4 Å². The van der Waals surface area contributed by atoms with Crippen molar-refractivity contribution >= 4 is 15.9 Å². The van der Waals surface area contributed by atoms with Gasteiger partial charge in [-0.25, -0.2) is 13.1 Å². The Morgan fingerprint density at radius 3 is 2.32 bits per heavy atom. The lowest BCUT2D eigenvalue weighted by Crippen LogP contribution is -2.32. The second kappa shape index (κ2) is 8.09. The molecule has 6 nitrogen and oxygen atoms in total. The molecule has 1 N–H and O–H groups in total. The molecule has 1 fully saturated rings. The molecule has 1 aromatic heterocycles. The highest BCUT2D eigenvalue weighted by molar-refractivity contribution is 7.89. The zero-order valence-electron chi connectivity index (χ0n) is 17.0. The lowest BCUT2D eigenvalue weighted by molar-refractivity contribution is 0.0788. The summed E-state index contributed by atoms with van der Waals surface area (Å²) >= 11 is 0. The van der Waals surface area contributed by atoms with Crippen molar-refractivity contribution < 1.29 is 13.2 Å². The van der Waals surface area contributed by atoms with E-state index in [1.165, 1.54) is 0 Å². The smallest absolute Gasteiger partial charge is 0.257 e. The summed E-state index contributed by atoms with van der Waals surface area (Å²) in [7, 11) is -2.02. The predicted molar refractivity (Wildman–Crippen MR) is 110 cm³/mol. The summed E-state index contributed by atoms with van der Waals surface area (Å²) in [6.07, 6.45) is 1.93. The van der Waals surface area contributed by atoms with Gasteiger partial charge in [0.2, 0.25) is 10.0 Å². The van der Waals surface area contributed by atoms with E-state index in [9.17, 15) is 13.2 Å². The number of nitrogens with one attached hydrogen (secondary N) is 1. The Morgan fingerprint density at radius 1 is 1.11 bits per heavy atom. The highest BCUT2D eigenvalue weighted by atomic mass is 32.2. The summed E-state index contributed by atoms with van der Waals surface area (Å²) in [5.74, 6) is -0.158. The minimum Gasteiger partial charge on any atom is -0.350 e. The third-order valence-corrected chi connectivity index (χ3v) is 7.33. The van der Waals surface area contributed by atoms with E-state index in [2.05, 4.69) is 4.72 Å². The summed E-state index contributed by atoms with van der Waals surface area (Å²) < 4.78 is 30.9. The van der Waals surface area contributed by atoms with Crippen molar-refractivity contribution in [2.75, 3.05) is 19.6 Å². The van der Waals surface area contributed by atoms with Crippen LogP contribution in [0.3, 0.4) is 0 Å². The van der Waals surface area contributed by atoms with Gasteiger partial charge in [0.05, 0.1) is 5.56 Å². The SMILES string of the molecule is Cc1c(C(=O)N2CCCC2)c(S(=O)(=O)NC[C@@H](C)c2ccccc2)c(C)n1C. The molecule has 2 aromatic rings. The first-order valence-corrected chi connectivity index (χ1v) is 11.2. The maximum absolute atomic E-state index is 13.2. The van der Waals surface area contributed by atoms with Gasteiger partial charge in [0.25, 0.3) is 5.91 Å². The fourth-order valence-electron chi connectivity index (χ4n) is 3.78. The second-order valence-electron chi connectivity index (χ2n) is 7.60. The number of rotatable bonds is 6. The predicted octanol–water partition coefficient (Wildman–Crippen LogP) is 2.96. The molecule has 1 saturated heterocycles. The number of benzene rings is 1. The fourth-order valence-corrected chi connectivity index (χ4v) is 5.43. The molecule has 3 rings (SSSR count). The standard InChI is InChI=1S/C21H29N3O3S/c1-15(18-10-6-5-7-11-18)14-22-28(26,27)20-17(3)23(4)16(2)19(20)21(25)24-12-8-9-13-24/h5-7,10-11,15,22H,8-9,12-14H2,1-4H3/t15-/m1/s1. The Labute approximate surface area is 167 Å². The molecule has 0 spiro atoms. The Morgan fingerprint density at radius 2 is 1.71 bits per heavy atom. The number of likely N-dealkylation sites (tertiary alicyclic amines) is 1. The Bertz CT molecular complexity index is 959. The first-order chi connectivity index (χ1) is 13.2. The largest absolute Gasteiger partial charge is 0.350 e. The normalized spacial score (nSPS) is 15.8. The van der Waals surface area contributed by atoms with Crippen LogP contribution in [0.25, 0.3) is 0 Å². The molecule has 152 valence electrons. The van der Waals surface area contributed by atoms with Crippen molar-refractivity contribution in [2.24, 2.45) is 7.05 Å². The summed E-state index contributed by atoms with van der Waals surface area (Å²) in [6, 6.07) is 9.79. The lowest BCUT2D eigenvalue weighted by Gasteiger charge is -2.18. The van der Waals surface area contributed by atoms with E-state index in [0.29, 0.717) is 30.0 Å². The molecule has 28 heavy (non-hydrogen) atoms. The van der Waals surface area contributed by atoms with Gasteiger partial charge in [-0.15, -0.1) is 0 Å². The van der Waals surface area contributed by atoms with Gasteiger partial charge in [-0.2, -0.15) is 0 Å². The van der Waals surface area contributed by atoms with Gasteiger partial charge in [0.1, 0.15) is 4.90 Å². The van der Waals surface area contributed by atoms with Crippen molar-refractivity contribution in [2.45, 2.75) is 44.4 Å². The number of sulfonamides is 1. The molecular weight excluding hydrogens is 374 g/mol. The highest BCUT2D eigenvalue weighted by Gasteiger charge is 2.33. The quantitative estimate of drug-likeness (QED) is 0.806. The van der Waals surface area contributed by atoms with Crippen molar-refractivity contribution in [3.05, 3.63) is 52.8 Å². The number of hydrogen-bond acceptors (Lipinski definition) is 3. The second-order valence-corrected chi connectivity index (χ2v) is 9.30. The molecule has 0 unspecified atom stereocenters. The fraction of sp³-hybridized carbons (Fsp3) is 0.476. The molecule has 1 atom stereocenters. The molecule has 0 bridgehead atoms. The van der Waals surface area contributed by atoms with Crippen molar-refractivity contribution in [1.82, 2.24) is 14.2 Å². The molecule has 7 heteroatoms. The Hall–Kier alpha value is -2.12. The van der Waals surface area contributed by atoms with Crippen LogP contribution in [0.1, 0.15) is 53.0 Å². The minimum atomic E-state index is -3.82. The van der Waals surface area contributed by atoms with Gasteiger partial charge in [-0.05, 0) is 38.2 Å². The zero-order chi connectivity index (χ0) is 20.5. The zero-order valence-corrected chi connectivity index (χ0v) is 17.8. The molecule has 1 aliphatic rings. The first-order valence-electron chi connectivity index (χ1n) is 9.73. The summed E-state index contributed by atoms with van der Waals surface area (Å²) in [6.45, 7) is 7.19. The van der Waals surface area contributed by atoms with E-state index in [4.69, 9.17) is 0 Å². The van der Waals surface area contributed by atoms with Gasteiger partial charge in [0, 0.05) is 38.1 Å². The minimum absolute atomic E-state index is 0.0267. The average molecular weight is 404 g/mol. The third-order valence-electron chi connectivity index (χ3n) is 5.75. The maximum Gasteiger partial charge on any atom is 0.257 e. The van der Waals surface area contributed by atoms with E-state index in [1.807, 2.05) is 44.2 Å². The van der Waals surface area contributed by atoms with Gasteiger partial charge in [0.15, 0.2) is 0 Å². The number of aromatic nitrogens is 1. The Kier molecular flexibility index (Phi) is 5.95. The molecule has 2 heterocycles. The summed E-state index contributed by atoms with van der Waals surface area (Å²) in [4.78, 5) is 15.0. The van der Waals surface area contributed by atoms with Crippen molar-refractivity contribution in [3.63, 3.8) is 0 Å². The van der Waals surface area contributed by atoms with Crippen LogP contribution in [0.2, 0.25) is 0 Å². The monoisotopic (exact) mass is 403 g/mol. The molecule has 0 saturated carbocycles. The van der Waals surface area contributed by atoms with Crippen LogP contribution in [-0.2, 0) is 17.1 Å². The van der Waals surface area contributed by atoms with Gasteiger partial charge < -0.3 is 9.47 Å². The molecule has 0 radical (unpaired) electrons. The number of carbonyl (C=O) groups excluding carboxylic acids is 1. The van der Waals surface area contributed by atoms with E-state index in [-0.39, 0.29) is 23.3 Å². The van der Waals surface area contributed by atoms with Crippen LogP contribution in [0.4, 0.5) is 0 Å². The first kappa shape index (κ1) is 20.6. The number of nitrogens with zero attached hydrogens (tertiary/aromatic N) is 2. The van der Waals surface area contributed by atoms with E-state index in [1.54, 1.807) is 23.4 Å². The van der Waals surface area contributed by atoms with E-state index >= 15 is 0 Å². The van der Waals surface area contributed by atoms with Gasteiger partial charge in [-0.3, -0.25) is 4.79 Å². The molecule has 1 aliphatic heterocycles. The van der Waals surface area contributed by atoms with Gasteiger partial charge >= 0.3 is 0 Å². The van der Waals surface area contributed by atoms with Crippen LogP contribution in [0.5, 0.6) is 0 Å². The van der Waals surface area contributed by atoms with Crippen LogP contribution in [0, 0.1) is 13.8 Å². The molecule has 0 aliphatic carbocycles.